The van der Waals surface area contributed by atoms with Gasteiger partial charge in [-0.3, -0.25) is 4.79 Å². The molecule has 1 fully saturated rings. The molecule has 144 valence electrons. The Hall–Kier alpha value is -1.39. The van der Waals surface area contributed by atoms with Crippen LogP contribution in [0, 0.1) is 13.8 Å². The number of benzene rings is 1. The third kappa shape index (κ3) is 3.67. The van der Waals surface area contributed by atoms with Crippen LogP contribution in [0.1, 0.15) is 75.0 Å². The van der Waals surface area contributed by atoms with E-state index in [-0.39, 0.29) is 5.91 Å². The lowest BCUT2D eigenvalue weighted by atomic mass is 10.0. The molecule has 0 radical (unpaired) electrons. The van der Waals surface area contributed by atoms with Gasteiger partial charge in [0.15, 0.2) is 0 Å². The molecule has 2 aliphatic heterocycles. The maximum Gasteiger partial charge on any atom is 0.292 e. The molecule has 0 aromatic heterocycles. The molecule has 1 saturated heterocycles. The number of anilines is 1. The van der Waals surface area contributed by atoms with Crippen LogP contribution in [0.4, 0.5) is 5.69 Å². The molecule has 0 saturated carbocycles. The molecule has 1 aromatic carbocycles. The molecule has 3 rings (SSSR count). The largest absolute Gasteiger partial charge is 0.336 e. The van der Waals surface area contributed by atoms with E-state index in [1.807, 2.05) is 4.90 Å². The molecule has 0 bridgehead atoms. The molecule has 1 aromatic rings. The van der Waals surface area contributed by atoms with Crippen LogP contribution in [-0.2, 0) is 20.1 Å². The highest BCUT2D eigenvalue weighted by Crippen LogP contribution is 2.47. The first-order valence-electron chi connectivity index (χ1n) is 10.3. The van der Waals surface area contributed by atoms with Crippen LogP contribution in [0.3, 0.4) is 0 Å². The summed E-state index contributed by atoms with van der Waals surface area (Å²) in [6.07, 6.45) is 10.1. The molecule has 1 spiro atoms. The van der Waals surface area contributed by atoms with Gasteiger partial charge >= 0.3 is 0 Å². The van der Waals surface area contributed by atoms with Gasteiger partial charge in [0.05, 0.1) is 18.9 Å². The molecule has 4 heteroatoms. The SMILES string of the molecule is CCCCCCCCCCN1C(=O)C2(OCCO2)c2cc(C)cc(C)c21. The predicted octanol–water partition coefficient (Wildman–Crippen LogP) is 4.99. The first-order valence-corrected chi connectivity index (χ1v) is 10.3. The highest BCUT2D eigenvalue weighted by Gasteiger charge is 2.56. The van der Waals surface area contributed by atoms with Crippen molar-refractivity contribution in [3.05, 3.63) is 28.8 Å². The zero-order valence-electron chi connectivity index (χ0n) is 16.6. The minimum absolute atomic E-state index is 0.0401. The smallest absolute Gasteiger partial charge is 0.292 e. The van der Waals surface area contributed by atoms with E-state index in [4.69, 9.17) is 9.47 Å². The Kier molecular flexibility index (Phi) is 6.36. The molecule has 2 heterocycles. The average Bonchev–Trinajstić information content (AvgIpc) is 3.18. The lowest BCUT2D eigenvalue weighted by Gasteiger charge is -2.22. The molecule has 0 atom stereocenters. The van der Waals surface area contributed by atoms with Crippen LogP contribution in [0.5, 0.6) is 0 Å². The number of hydrogen-bond donors (Lipinski definition) is 0. The lowest BCUT2D eigenvalue weighted by molar-refractivity contribution is -0.180. The number of aryl methyl sites for hydroxylation is 2. The van der Waals surface area contributed by atoms with Crippen LogP contribution in [0.15, 0.2) is 12.1 Å². The molecule has 1 amide bonds. The lowest BCUT2D eigenvalue weighted by Crippen LogP contribution is -2.41. The summed E-state index contributed by atoms with van der Waals surface area (Å²) >= 11 is 0. The number of ether oxygens (including phenoxy) is 2. The Labute approximate surface area is 157 Å². The van der Waals surface area contributed by atoms with E-state index >= 15 is 0 Å². The van der Waals surface area contributed by atoms with Crippen molar-refractivity contribution in [3.8, 4) is 0 Å². The van der Waals surface area contributed by atoms with Crippen molar-refractivity contribution in [2.45, 2.75) is 77.9 Å². The first-order chi connectivity index (χ1) is 12.6. The molecule has 2 aliphatic rings. The van der Waals surface area contributed by atoms with Crippen LogP contribution in [-0.4, -0.2) is 25.7 Å². The summed E-state index contributed by atoms with van der Waals surface area (Å²) in [7, 11) is 0. The standard InChI is InChI=1S/C22H33NO3/c1-4-5-6-7-8-9-10-11-12-23-20-18(3)15-17(2)16-19(20)22(21(23)24)25-13-14-26-22/h15-16H,4-14H2,1-3H3. The number of fused-ring (bicyclic) bond motifs is 2. The second-order valence-corrected chi connectivity index (χ2v) is 7.72. The normalized spacial score (nSPS) is 18.1. The van der Waals surface area contributed by atoms with Gasteiger partial charge in [-0.1, -0.05) is 63.5 Å². The second kappa shape index (κ2) is 8.53. The summed E-state index contributed by atoms with van der Waals surface area (Å²) in [6, 6.07) is 4.19. The fraction of sp³-hybridized carbons (Fsp3) is 0.682. The second-order valence-electron chi connectivity index (χ2n) is 7.72. The zero-order chi connectivity index (χ0) is 18.6. The zero-order valence-corrected chi connectivity index (χ0v) is 16.6. The van der Waals surface area contributed by atoms with E-state index in [0.717, 1.165) is 35.3 Å². The van der Waals surface area contributed by atoms with Gasteiger partial charge in [0.25, 0.3) is 11.7 Å². The molecule has 26 heavy (non-hydrogen) atoms. The Morgan fingerprint density at radius 1 is 0.962 bits per heavy atom. The quantitative estimate of drug-likeness (QED) is 0.583. The van der Waals surface area contributed by atoms with Gasteiger partial charge in [0, 0.05) is 12.1 Å². The molecular weight excluding hydrogens is 326 g/mol. The fourth-order valence-corrected chi connectivity index (χ4v) is 4.27. The molecule has 0 unspecified atom stereocenters. The Bertz CT molecular complexity index is 635. The molecule has 4 nitrogen and oxygen atoms in total. The van der Waals surface area contributed by atoms with E-state index in [9.17, 15) is 4.79 Å². The van der Waals surface area contributed by atoms with Crippen molar-refractivity contribution in [1.82, 2.24) is 0 Å². The van der Waals surface area contributed by atoms with Crippen molar-refractivity contribution < 1.29 is 14.3 Å². The number of carbonyl (C=O) groups is 1. The number of carbonyl (C=O) groups excluding carboxylic acids is 1. The summed E-state index contributed by atoms with van der Waals surface area (Å²) in [6.45, 7) is 8.08. The van der Waals surface area contributed by atoms with Gasteiger partial charge in [-0.2, -0.15) is 0 Å². The summed E-state index contributed by atoms with van der Waals surface area (Å²) in [4.78, 5) is 15.1. The highest BCUT2D eigenvalue weighted by molar-refractivity contribution is 6.07. The number of nitrogens with zero attached hydrogens (tertiary/aromatic N) is 1. The van der Waals surface area contributed by atoms with Crippen LogP contribution in [0.25, 0.3) is 0 Å². The number of hydrogen-bond acceptors (Lipinski definition) is 3. The van der Waals surface area contributed by atoms with Crippen molar-refractivity contribution in [3.63, 3.8) is 0 Å². The number of unbranched alkanes of at least 4 members (excludes halogenated alkanes) is 7. The maximum absolute atomic E-state index is 13.2. The van der Waals surface area contributed by atoms with Gasteiger partial charge < -0.3 is 14.4 Å². The summed E-state index contributed by atoms with van der Waals surface area (Å²) in [5.74, 6) is -1.23. The van der Waals surface area contributed by atoms with Gasteiger partial charge in [0.2, 0.25) is 0 Å². The maximum atomic E-state index is 13.2. The van der Waals surface area contributed by atoms with Gasteiger partial charge in [-0.25, -0.2) is 0 Å². The summed E-state index contributed by atoms with van der Waals surface area (Å²) in [5.41, 5.74) is 4.17. The van der Waals surface area contributed by atoms with E-state index in [1.165, 1.54) is 44.9 Å². The first kappa shape index (κ1) is 19.4. The van der Waals surface area contributed by atoms with Gasteiger partial charge in [0.1, 0.15) is 0 Å². The minimum atomic E-state index is -1.19. The van der Waals surface area contributed by atoms with Crippen molar-refractivity contribution >= 4 is 11.6 Å². The van der Waals surface area contributed by atoms with Crippen LogP contribution in [0.2, 0.25) is 0 Å². The van der Waals surface area contributed by atoms with Gasteiger partial charge in [-0.15, -0.1) is 0 Å². The molecule has 0 N–H and O–H groups in total. The Morgan fingerprint density at radius 2 is 1.58 bits per heavy atom. The van der Waals surface area contributed by atoms with E-state index in [2.05, 4.69) is 32.9 Å². The van der Waals surface area contributed by atoms with Gasteiger partial charge in [-0.05, 0) is 31.9 Å². The average molecular weight is 360 g/mol. The van der Waals surface area contributed by atoms with E-state index < -0.39 is 5.79 Å². The van der Waals surface area contributed by atoms with Crippen molar-refractivity contribution in [1.29, 1.82) is 0 Å². The summed E-state index contributed by atoms with van der Waals surface area (Å²) in [5, 5.41) is 0. The third-order valence-electron chi connectivity index (χ3n) is 5.53. The fourth-order valence-electron chi connectivity index (χ4n) is 4.27. The van der Waals surface area contributed by atoms with Crippen LogP contribution >= 0.6 is 0 Å². The molecular formula is C22H33NO3. The minimum Gasteiger partial charge on any atom is -0.336 e. The topological polar surface area (TPSA) is 38.8 Å². The number of rotatable bonds is 9. The molecule has 0 aliphatic carbocycles. The summed E-state index contributed by atoms with van der Waals surface area (Å²) < 4.78 is 11.7. The van der Waals surface area contributed by atoms with Crippen molar-refractivity contribution in [2.24, 2.45) is 0 Å². The predicted molar refractivity (Wildman–Crippen MR) is 104 cm³/mol. The monoisotopic (exact) mass is 359 g/mol. The van der Waals surface area contributed by atoms with E-state index in [0.29, 0.717) is 13.2 Å². The Balaban J connectivity index is 1.63. The Morgan fingerprint density at radius 3 is 2.23 bits per heavy atom. The number of amides is 1. The third-order valence-corrected chi connectivity index (χ3v) is 5.53. The highest BCUT2D eigenvalue weighted by atomic mass is 16.7. The van der Waals surface area contributed by atoms with Crippen molar-refractivity contribution in [2.75, 3.05) is 24.7 Å². The van der Waals surface area contributed by atoms with Crippen LogP contribution < -0.4 is 4.90 Å². The van der Waals surface area contributed by atoms with E-state index in [1.54, 1.807) is 0 Å².